The predicted octanol–water partition coefficient (Wildman–Crippen LogP) is 3.19. The molecule has 2 N–H and O–H groups in total. The van der Waals surface area contributed by atoms with Gasteiger partial charge in [0.1, 0.15) is 5.75 Å². The lowest BCUT2D eigenvalue weighted by Gasteiger charge is -2.13. The smallest absolute Gasteiger partial charge is 0.119 e. The van der Waals surface area contributed by atoms with Gasteiger partial charge >= 0.3 is 0 Å². The van der Waals surface area contributed by atoms with E-state index in [9.17, 15) is 5.11 Å². The molecule has 0 saturated heterocycles. The van der Waals surface area contributed by atoms with E-state index in [0.29, 0.717) is 5.92 Å². The molecule has 102 valence electrons. The Morgan fingerprint density at radius 1 is 1.37 bits per heavy atom. The van der Waals surface area contributed by atoms with Crippen molar-refractivity contribution >= 4 is 10.9 Å². The zero-order valence-corrected chi connectivity index (χ0v) is 11.6. The highest BCUT2D eigenvalue weighted by Gasteiger charge is 2.26. The normalized spacial score (nSPS) is 23.1. The number of ether oxygens (including phenoxy) is 1. The Labute approximate surface area is 113 Å². The van der Waals surface area contributed by atoms with Crippen LogP contribution in [0.5, 0.6) is 5.75 Å². The monoisotopic (exact) mass is 259 g/mol. The standard InChI is InChI=1S/C16H21NO2/c1-10-6-13(19-2)8-14-12(9-17-16(10)14)7-11-4-3-5-15(11)18/h6,8-9,11,15,17-18H,3-5,7H2,1-2H3. The van der Waals surface area contributed by atoms with Crippen molar-refractivity contribution in [2.24, 2.45) is 5.92 Å². The summed E-state index contributed by atoms with van der Waals surface area (Å²) in [5.74, 6) is 1.31. The number of H-pyrrole nitrogens is 1. The van der Waals surface area contributed by atoms with E-state index in [1.165, 1.54) is 22.0 Å². The van der Waals surface area contributed by atoms with Gasteiger partial charge in [-0.05, 0) is 55.4 Å². The molecule has 1 saturated carbocycles. The minimum absolute atomic E-state index is 0.128. The maximum absolute atomic E-state index is 9.98. The molecule has 0 aliphatic heterocycles. The topological polar surface area (TPSA) is 45.2 Å². The number of aromatic amines is 1. The number of rotatable bonds is 3. The van der Waals surface area contributed by atoms with Crippen LogP contribution in [0.4, 0.5) is 0 Å². The predicted molar refractivity (Wildman–Crippen MR) is 76.6 cm³/mol. The van der Waals surface area contributed by atoms with E-state index in [1.54, 1.807) is 7.11 Å². The van der Waals surface area contributed by atoms with Crippen molar-refractivity contribution in [3.05, 3.63) is 29.5 Å². The zero-order valence-electron chi connectivity index (χ0n) is 11.6. The minimum atomic E-state index is -0.128. The van der Waals surface area contributed by atoms with Crippen LogP contribution in [0.25, 0.3) is 10.9 Å². The van der Waals surface area contributed by atoms with Crippen molar-refractivity contribution in [2.75, 3.05) is 7.11 Å². The highest BCUT2D eigenvalue weighted by atomic mass is 16.5. The first-order chi connectivity index (χ1) is 9.19. The van der Waals surface area contributed by atoms with Crippen LogP contribution in [0, 0.1) is 12.8 Å². The van der Waals surface area contributed by atoms with Gasteiger partial charge in [0.05, 0.1) is 13.2 Å². The van der Waals surface area contributed by atoms with Gasteiger partial charge in [0, 0.05) is 17.1 Å². The largest absolute Gasteiger partial charge is 0.497 e. The van der Waals surface area contributed by atoms with Crippen LogP contribution in [-0.2, 0) is 6.42 Å². The molecule has 1 fully saturated rings. The molecule has 0 amide bonds. The Hall–Kier alpha value is -1.48. The molecule has 1 aromatic heterocycles. The van der Waals surface area contributed by atoms with Crippen LogP contribution in [0.15, 0.2) is 18.3 Å². The molecule has 3 nitrogen and oxygen atoms in total. The molecular weight excluding hydrogens is 238 g/mol. The third-order valence-electron chi connectivity index (χ3n) is 4.38. The number of hydrogen-bond donors (Lipinski definition) is 2. The summed E-state index contributed by atoms with van der Waals surface area (Å²) >= 11 is 0. The lowest BCUT2D eigenvalue weighted by Crippen LogP contribution is -2.15. The lowest BCUT2D eigenvalue weighted by atomic mass is 9.95. The SMILES string of the molecule is COc1cc(C)c2[nH]cc(CC3CCCC3O)c2c1. The van der Waals surface area contributed by atoms with Crippen LogP contribution in [0.1, 0.15) is 30.4 Å². The Balaban J connectivity index is 1.97. The first-order valence-electron chi connectivity index (χ1n) is 7.01. The first-order valence-corrected chi connectivity index (χ1v) is 7.01. The summed E-state index contributed by atoms with van der Waals surface area (Å²) in [6, 6.07) is 4.14. The first kappa shape index (κ1) is 12.5. The van der Waals surface area contributed by atoms with Crippen molar-refractivity contribution < 1.29 is 9.84 Å². The van der Waals surface area contributed by atoms with Gasteiger partial charge in [-0.25, -0.2) is 0 Å². The van der Waals surface area contributed by atoms with Crippen LogP contribution >= 0.6 is 0 Å². The fourth-order valence-electron chi connectivity index (χ4n) is 3.26. The number of aromatic nitrogens is 1. The van der Waals surface area contributed by atoms with Gasteiger partial charge in [-0.3, -0.25) is 0 Å². The molecule has 2 unspecified atom stereocenters. The van der Waals surface area contributed by atoms with Crippen molar-refractivity contribution in [2.45, 2.75) is 38.7 Å². The van der Waals surface area contributed by atoms with Crippen molar-refractivity contribution in [1.29, 1.82) is 0 Å². The zero-order chi connectivity index (χ0) is 13.4. The minimum Gasteiger partial charge on any atom is -0.497 e. The van der Waals surface area contributed by atoms with E-state index in [0.717, 1.165) is 31.4 Å². The maximum atomic E-state index is 9.98. The number of fused-ring (bicyclic) bond motifs is 1. The highest BCUT2D eigenvalue weighted by molar-refractivity contribution is 5.87. The average molecular weight is 259 g/mol. The van der Waals surface area contributed by atoms with Gasteiger partial charge < -0.3 is 14.8 Å². The molecule has 19 heavy (non-hydrogen) atoms. The van der Waals surface area contributed by atoms with Crippen LogP contribution in [0.2, 0.25) is 0 Å². The lowest BCUT2D eigenvalue weighted by molar-refractivity contribution is 0.133. The molecule has 3 rings (SSSR count). The Bertz CT molecular complexity index is 588. The second-order valence-corrected chi connectivity index (χ2v) is 5.64. The Morgan fingerprint density at radius 2 is 2.21 bits per heavy atom. The molecule has 2 atom stereocenters. The summed E-state index contributed by atoms with van der Waals surface area (Å²) in [7, 11) is 1.70. The van der Waals surface area contributed by atoms with Crippen molar-refractivity contribution in [3.8, 4) is 5.75 Å². The van der Waals surface area contributed by atoms with E-state index in [2.05, 4.69) is 24.2 Å². The summed E-state index contributed by atoms with van der Waals surface area (Å²) in [6.45, 7) is 2.09. The number of nitrogens with one attached hydrogen (secondary N) is 1. The number of aliphatic hydroxyl groups excluding tert-OH is 1. The number of hydrogen-bond acceptors (Lipinski definition) is 2. The Kier molecular flexibility index (Phi) is 3.23. The van der Waals surface area contributed by atoms with Crippen molar-refractivity contribution in [3.63, 3.8) is 0 Å². The van der Waals surface area contributed by atoms with Gasteiger partial charge in [0.25, 0.3) is 0 Å². The van der Waals surface area contributed by atoms with Gasteiger partial charge in [0.2, 0.25) is 0 Å². The summed E-state index contributed by atoms with van der Waals surface area (Å²) in [4.78, 5) is 3.36. The second-order valence-electron chi connectivity index (χ2n) is 5.64. The van der Waals surface area contributed by atoms with Crippen LogP contribution in [0.3, 0.4) is 0 Å². The summed E-state index contributed by atoms with van der Waals surface area (Å²) < 4.78 is 5.36. The van der Waals surface area contributed by atoms with Gasteiger partial charge in [-0.15, -0.1) is 0 Å². The molecule has 2 aromatic rings. The Morgan fingerprint density at radius 3 is 2.89 bits per heavy atom. The number of aliphatic hydroxyl groups is 1. The molecule has 0 radical (unpaired) electrons. The van der Waals surface area contributed by atoms with E-state index in [4.69, 9.17) is 4.74 Å². The molecule has 1 aliphatic carbocycles. The average Bonchev–Trinajstić information content (AvgIpc) is 2.98. The maximum Gasteiger partial charge on any atom is 0.119 e. The number of methoxy groups -OCH3 is 1. The summed E-state index contributed by atoms with van der Waals surface area (Å²) in [6.07, 6.45) is 6.15. The van der Waals surface area contributed by atoms with Crippen LogP contribution < -0.4 is 4.74 Å². The van der Waals surface area contributed by atoms with Gasteiger partial charge in [-0.2, -0.15) is 0 Å². The second kappa shape index (κ2) is 4.89. The van der Waals surface area contributed by atoms with Gasteiger partial charge in [-0.1, -0.05) is 6.42 Å². The molecule has 1 aliphatic rings. The third-order valence-corrected chi connectivity index (χ3v) is 4.38. The summed E-state index contributed by atoms with van der Waals surface area (Å²) in [5.41, 5.74) is 3.68. The quantitative estimate of drug-likeness (QED) is 0.889. The molecular formula is C16H21NO2. The number of aryl methyl sites for hydroxylation is 1. The van der Waals surface area contributed by atoms with E-state index in [-0.39, 0.29) is 6.10 Å². The summed E-state index contributed by atoms with van der Waals surface area (Å²) in [5, 5.41) is 11.2. The number of benzene rings is 1. The van der Waals surface area contributed by atoms with E-state index >= 15 is 0 Å². The third kappa shape index (κ3) is 2.23. The van der Waals surface area contributed by atoms with E-state index in [1.807, 2.05) is 6.07 Å². The van der Waals surface area contributed by atoms with Crippen LogP contribution in [-0.4, -0.2) is 23.3 Å². The molecule has 3 heteroatoms. The van der Waals surface area contributed by atoms with Crippen molar-refractivity contribution in [1.82, 2.24) is 4.98 Å². The molecule has 1 aromatic carbocycles. The molecule has 1 heterocycles. The van der Waals surface area contributed by atoms with Gasteiger partial charge in [0.15, 0.2) is 0 Å². The molecule has 0 spiro atoms. The molecule has 0 bridgehead atoms. The van der Waals surface area contributed by atoms with E-state index < -0.39 is 0 Å². The fraction of sp³-hybridized carbons (Fsp3) is 0.500. The highest BCUT2D eigenvalue weighted by Crippen LogP contribution is 2.33. The fourth-order valence-corrected chi connectivity index (χ4v) is 3.26.